The van der Waals surface area contributed by atoms with Gasteiger partial charge >= 0.3 is 0 Å². The van der Waals surface area contributed by atoms with Crippen molar-refractivity contribution < 1.29 is 9.59 Å². The molecule has 0 aliphatic carbocycles. The molecule has 1 aromatic rings. The Balaban J connectivity index is 2.91. The zero-order valence-electron chi connectivity index (χ0n) is 7.15. The van der Waals surface area contributed by atoms with E-state index in [4.69, 9.17) is 5.73 Å². The van der Waals surface area contributed by atoms with Crippen molar-refractivity contribution in [1.82, 2.24) is 9.97 Å². The Morgan fingerprint density at radius 2 is 2.23 bits per heavy atom. The first kappa shape index (κ1) is 9.31. The van der Waals surface area contributed by atoms with Crippen LogP contribution < -0.4 is 5.73 Å². The average Bonchev–Trinajstić information content (AvgIpc) is 2.03. The van der Waals surface area contributed by atoms with Crippen molar-refractivity contribution in [3.8, 4) is 0 Å². The standard InChI is InChI=1S/C8H9N3O2/c1-5(12)6-2-3-10-8(11-6)4-7(9)13/h2-3H,4H2,1H3,(H2,9,13). The molecule has 0 spiro atoms. The number of carbonyl (C=O) groups is 2. The third kappa shape index (κ3) is 2.62. The monoisotopic (exact) mass is 179 g/mol. The largest absolute Gasteiger partial charge is 0.369 e. The van der Waals surface area contributed by atoms with Gasteiger partial charge in [-0.05, 0) is 6.07 Å². The normalized spacial score (nSPS) is 9.62. The fourth-order valence-electron chi connectivity index (χ4n) is 0.836. The van der Waals surface area contributed by atoms with Crippen LogP contribution in [0, 0.1) is 0 Å². The van der Waals surface area contributed by atoms with Gasteiger partial charge in [0.1, 0.15) is 11.5 Å². The van der Waals surface area contributed by atoms with Crippen LogP contribution in [0.15, 0.2) is 12.3 Å². The van der Waals surface area contributed by atoms with E-state index in [9.17, 15) is 9.59 Å². The van der Waals surface area contributed by atoms with Gasteiger partial charge in [0.05, 0.1) is 6.42 Å². The highest BCUT2D eigenvalue weighted by atomic mass is 16.1. The van der Waals surface area contributed by atoms with Crippen molar-refractivity contribution in [2.45, 2.75) is 13.3 Å². The maximum Gasteiger partial charge on any atom is 0.225 e. The van der Waals surface area contributed by atoms with Gasteiger partial charge < -0.3 is 5.73 Å². The molecule has 0 aliphatic heterocycles. The molecule has 68 valence electrons. The third-order valence-electron chi connectivity index (χ3n) is 1.40. The first-order valence-corrected chi connectivity index (χ1v) is 3.71. The lowest BCUT2D eigenvalue weighted by atomic mass is 10.3. The first-order chi connectivity index (χ1) is 6.09. The molecule has 13 heavy (non-hydrogen) atoms. The van der Waals surface area contributed by atoms with Crippen molar-refractivity contribution in [3.05, 3.63) is 23.8 Å². The Morgan fingerprint density at radius 1 is 1.54 bits per heavy atom. The highest BCUT2D eigenvalue weighted by Crippen LogP contribution is 1.97. The topological polar surface area (TPSA) is 85.9 Å². The lowest BCUT2D eigenvalue weighted by molar-refractivity contribution is -0.117. The number of carbonyl (C=O) groups excluding carboxylic acids is 2. The van der Waals surface area contributed by atoms with E-state index in [0.717, 1.165) is 0 Å². The van der Waals surface area contributed by atoms with Gasteiger partial charge in [0.15, 0.2) is 5.78 Å². The van der Waals surface area contributed by atoms with Gasteiger partial charge in [0.25, 0.3) is 0 Å². The van der Waals surface area contributed by atoms with Crippen molar-refractivity contribution in [1.29, 1.82) is 0 Å². The minimum atomic E-state index is -0.513. The molecule has 1 heterocycles. The van der Waals surface area contributed by atoms with E-state index < -0.39 is 5.91 Å². The Bertz CT molecular complexity index is 349. The molecular formula is C8H9N3O2. The Morgan fingerprint density at radius 3 is 2.77 bits per heavy atom. The minimum absolute atomic E-state index is 0.0406. The van der Waals surface area contributed by atoms with E-state index in [2.05, 4.69) is 9.97 Å². The number of primary amides is 1. The maximum absolute atomic E-state index is 10.9. The van der Waals surface area contributed by atoms with E-state index in [1.807, 2.05) is 0 Å². The molecule has 0 unspecified atom stereocenters. The second kappa shape index (κ2) is 3.75. The van der Waals surface area contributed by atoms with Crippen LogP contribution in [0.3, 0.4) is 0 Å². The molecule has 0 fully saturated rings. The number of nitrogens with two attached hydrogens (primary N) is 1. The van der Waals surface area contributed by atoms with Gasteiger partial charge in [-0.15, -0.1) is 0 Å². The second-order valence-corrected chi connectivity index (χ2v) is 2.56. The highest BCUT2D eigenvalue weighted by Gasteiger charge is 2.05. The minimum Gasteiger partial charge on any atom is -0.369 e. The molecule has 1 aromatic heterocycles. The maximum atomic E-state index is 10.9. The lowest BCUT2D eigenvalue weighted by Gasteiger charge is -1.97. The van der Waals surface area contributed by atoms with Gasteiger partial charge in [0, 0.05) is 13.1 Å². The van der Waals surface area contributed by atoms with Gasteiger partial charge in [-0.1, -0.05) is 0 Å². The molecule has 1 rings (SSSR count). The van der Waals surface area contributed by atoms with E-state index in [-0.39, 0.29) is 18.0 Å². The van der Waals surface area contributed by atoms with Crippen molar-refractivity contribution >= 4 is 11.7 Å². The van der Waals surface area contributed by atoms with Crippen LogP contribution in [-0.4, -0.2) is 21.7 Å². The summed E-state index contributed by atoms with van der Waals surface area (Å²) in [6.07, 6.45) is 1.39. The summed E-state index contributed by atoms with van der Waals surface area (Å²) in [6.45, 7) is 1.40. The van der Waals surface area contributed by atoms with Crippen molar-refractivity contribution in [2.75, 3.05) is 0 Å². The van der Waals surface area contributed by atoms with Crippen LogP contribution in [0.25, 0.3) is 0 Å². The predicted octanol–water partition coefficient (Wildman–Crippen LogP) is -0.293. The zero-order chi connectivity index (χ0) is 9.84. The molecule has 2 N–H and O–H groups in total. The summed E-state index contributed by atoms with van der Waals surface area (Å²) < 4.78 is 0. The Hall–Kier alpha value is -1.78. The van der Waals surface area contributed by atoms with Gasteiger partial charge in [-0.25, -0.2) is 9.97 Å². The summed E-state index contributed by atoms with van der Waals surface area (Å²) in [5, 5.41) is 0. The van der Waals surface area contributed by atoms with Crippen molar-refractivity contribution in [2.24, 2.45) is 5.73 Å². The molecule has 0 saturated heterocycles. The summed E-state index contributed by atoms with van der Waals surface area (Å²) in [7, 11) is 0. The number of ketones is 1. The molecule has 0 aromatic carbocycles. The quantitative estimate of drug-likeness (QED) is 0.646. The Labute approximate surface area is 75.0 Å². The molecule has 1 amide bonds. The SMILES string of the molecule is CC(=O)c1ccnc(CC(N)=O)n1. The number of nitrogens with zero attached hydrogens (tertiary/aromatic N) is 2. The van der Waals surface area contributed by atoms with Crippen molar-refractivity contribution in [3.63, 3.8) is 0 Å². The van der Waals surface area contributed by atoms with Crippen LogP contribution >= 0.6 is 0 Å². The van der Waals surface area contributed by atoms with Gasteiger partial charge in [0.2, 0.25) is 5.91 Å². The van der Waals surface area contributed by atoms with Crippen LogP contribution in [-0.2, 0) is 11.2 Å². The summed E-state index contributed by atoms with van der Waals surface area (Å²) in [4.78, 5) is 29.0. The zero-order valence-corrected chi connectivity index (χ0v) is 7.15. The molecule has 0 atom stereocenters. The third-order valence-corrected chi connectivity index (χ3v) is 1.40. The predicted molar refractivity (Wildman–Crippen MR) is 44.9 cm³/mol. The molecule has 5 heteroatoms. The fraction of sp³-hybridized carbons (Fsp3) is 0.250. The van der Waals surface area contributed by atoms with Gasteiger partial charge in [-0.2, -0.15) is 0 Å². The smallest absolute Gasteiger partial charge is 0.225 e. The summed E-state index contributed by atoms with van der Waals surface area (Å²) >= 11 is 0. The number of hydrogen-bond donors (Lipinski definition) is 1. The van der Waals surface area contributed by atoms with Crippen LogP contribution in [0.5, 0.6) is 0 Å². The van der Waals surface area contributed by atoms with Crippen LogP contribution in [0.1, 0.15) is 23.2 Å². The number of aromatic nitrogens is 2. The second-order valence-electron chi connectivity index (χ2n) is 2.56. The summed E-state index contributed by atoms with van der Waals surface area (Å²) in [5.74, 6) is -0.394. The van der Waals surface area contributed by atoms with E-state index in [0.29, 0.717) is 5.69 Å². The molecular weight excluding hydrogens is 170 g/mol. The van der Waals surface area contributed by atoms with E-state index >= 15 is 0 Å². The number of amides is 1. The van der Waals surface area contributed by atoms with Gasteiger partial charge in [-0.3, -0.25) is 9.59 Å². The average molecular weight is 179 g/mol. The van der Waals surface area contributed by atoms with E-state index in [1.54, 1.807) is 0 Å². The fourth-order valence-corrected chi connectivity index (χ4v) is 0.836. The first-order valence-electron chi connectivity index (χ1n) is 3.71. The summed E-state index contributed by atoms with van der Waals surface area (Å²) in [6, 6.07) is 1.49. The number of hydrogen-bond acceptors (Lipinski definition) is 4. The molecule has 0 bridgehead atoms. The molecule has 5 nitrogen and oxygen atoms in total. The Kier molecular flexibility index (Phi) is 2.69. The van der Waals surface area contributed by atoms with Crippen LogP contribution in [0.2, 0.25) is 0 Å². The lowest BCUT2D eigenvalue weighted by Crippen LogP contribution is -2.16. The van der Waals surface area contributed by atoms with Crippen LogP contribution in [0.4, 0.5) is 0 Å². The number of Topliss-reactive ketones (excluding diaryl/α,β-unsaturated/α-hetero) is 1. The molecule has 0 saturated carbocycles. The highest BCUT2D eigenvalue weighted by molar-refractivity contribution is 5.92. The molecule has 0 aliphatic rings. The van der Waals surface area contributed by atoms with E-state index in [1.165, 1.54) is 19.2 Å². The summed E-state index contributed by atoms with van der Waals surface area (Å²) in [5.41, 5.74) is 5.24. The molecule has 0 radical (unpaired) electrons. The number of rotatable bonds is 3.